The minimum atomic E-state index is -0.242. The summed E-state index contributed by atoms with van der Waals surface area (Å²) in [5.74, 6) is 1.25. The highest BCUT2D eigenvalue weighted by Gasteiger charge is 2.33. The quantitative estimate of drug-likeness (QED) is 0.346. The topological polar surface area (TPSA) is 80.7 Å². The molecule has 0 unspecified atom stereocenters. The maximum Gasteiger partial charge on any atom is 0.409 e. The van der Waals surface area contributed by atoms with Crippen LogP contribution in [0.25, 0.3) is 20.4 Å². The first-order chi connectivity index (χ1) is 16.7. The van der Waals surface area contributed by atoms with Crippen LogP contribution in [0.5, 0.6) is 0 Å². The Balaban J connectivity index is 1.65. The molecule has 0 radical (unpaired) electrons. The van der Waals surface area contributed by atoms with Crippen LogP contribution in [-0.4, -0.2) is 70.6 Å². The van der Waals surface area contributed by atoms with Crippen molar-refractivity contribution in [3.05, 3.63) is 16.8 Å². The molecule has 0 bridgehead atoms. The summed E-state index contributed by atoms with van der Waals surface area (Å²) in [6, 6.07) is 0. The van der Waals surface area contributed by atoms with Gasteiger partial charge in [0.05, 0.1) is 34.7 Å². The maximum atomic E-state index is 12.2. The smallest absolute Gasteiger partial charge is 0.409 e. The van der Waals surface area contributed by atoms with Crippen molar-refractivity contribution in [1.82, 2.24) is 19.9 Å². The second-order valence-electron chi connectivity index (χ2n) is 10.0. The number of rotatable bonds is 4. The van der Waals surface area contributed by atoms with Crippen LogP contribution >= 0.6 is 23.1 Å². The van der Waals surface area contributed by atoms with E-state index in [0.717, 1.165) is 43.5 Å². The zero-order valence-corrected chi connectivity index (χ0v) is 22.9. The molecular weight excluding hydrogens is 482 g/mol. The van der Waals surface area contributed by atoms with E-state index < -0.39 is 0 Å². The second-order valence-corrected chi connectivity index (χ2v) is 11.8. The molecular formula is C25H33N5O3S2. The molecule has 0 N–H and O–H groups in total. The molecule has 8 nitrogen and oxygen atoms in total. The van der Waals surface area contributed by atoms with Gasteiger partial charge in [-0.3, -0.25) is 0 Å². The van der Waals surface area contributed by atoms with Crippen molar-refractivity contribution in [2.24, 2.45) is 0 Å². The zero-order chi connectivity index (χ0) is 24.9. The van der Waals surface area contributed by atoms with Gasteiger partial charge in [-0.05, 0) is 38.5 Å². The van der Waals surface area contributed by atoms with Crippen LogP contribution in [0.15, 0.2) is 5.16 Å². The summed E-state index contributed by atoms with van der Waals surface area (Å²) in [6.45, 7) is 14.1. The number of thiophene rings is 1. The number of amides is 1. The fraction of sp³-hybridized carbons (Fsp3) is 0.600. The van der Waals surface area contributed by atoms with Gasteiger partial charge < -0.3 is 19.3 Å². The number of carbonyl (C=O) groups excluding carboxylic acids is 1. The highest BCUT2D eigenvalue weighted by atomic mass is 32.2. The Morgan fingerprint density at radius 1 is 1.17 bits per heavy atom. The third-order valence-corrected chi connectivity index (χ3v) is 8.33. The molecule has 0 atom stereocenters. The monoisotopic (exact) mass is 515 g/mol. The van der Waals surface area contributed by atoms with Crippen LogP contribution in [0.1, 0.15) is 57.4 Å². The molecule has 0 aromatic carbocycles. The molecule has 5 heterocycles. The molecule has 2 aliphatic rings. The summed E-state index contributed by atoms with van der Waals surface area (Å²) in [7, 11) is 0. The summed E-state index contributed by atoms with van der Waals surface area (Å²) < 4.78 is 12.5. The first-order valence-corrected chi connectivity index (χ1v) is 14.3. The lowest BCUT2D eigenvalue weighted by Gasteiger charge is -2.35. The van der Waals surface area contributed by atoms with Gasteiger partial charge in [0.15, 0.2) is 11.0 Å². The van der Waals surface area contributed by atoms with Crippen molar-refractivity contribution in [1.29, 1.82) is 0 Å². The third kappa shape index (κ3) is 4.44. The number of hydrogen-bond donors (Lipinski definition) is 0. The van der Waals surface area contributed by atoms with Gasteiger partial charge in [-0.1, -0.05) is 25.6 Å². The van der Waals surface area contributed by atoms with Gasteiger partial charge >= 0.3 is 6.09 Å². The number of piperazine rings is 1. The molecule has 1 amide bonds. The first kappa shape index (κ1) is 24.5. The van der Waals surface area contributed by atoms with Gasteiger partial charge in [-0.15, -0.1) is 11.3 Å². The van der Waals surface area contributed by atoms with Gasteiger partial charge in [0.1, 0.15) is 4.83 Å². The van der Waals surface area contributed by atoms with E-state index >= 15 is 0 Å². The van der Waals surface area contributed by atoms with Crippen molar-refractivity contribution >= 4 is 55.4 Å². The Labute approximate surface area is 214 Å². The van der Waals surface area contributed by atoms with Gasteiger partial charge in [-0.25, -0.2) is 19.7 Å². The number of carbonyl (C=O) groups is 1. The third-order valence-electron chi connectivity index (χ3n) is 6.72. The minimum Gasteiger partial charge on any atom is -0.450 e. The average Bonchev–Trinajstić information content (AvgIpc) is 3.21. The largest absolute Gasteiger partial charge is 0.450 e. The number of anilines is 1. The predicted octanol–water partition coefficient (Wildman–Crippen LogP) is 5.21. The van der Waals surface area contributed by atoms with Gasteiger partial charge in [0.2, 0.25) is 0 Å². The molecule has 3 aromatic rings. The highest BCUT2D eigenvalue weighted by Crippen LogP contribution is 2.44. The number of nitrogens with zero attached hydrogens (tertiary/aromatic N) is 5. The van der Waals surface area contributed by atoms with Crippen molar-refractivity contribution in [3.63, 3.8) is 0 Å². The summed E-state index contributed by atoms with van der Waals surface area (Å²) in [5.41, 5.74) is 4.43. The molecule has 0 saturated carbocycles. The summed E-state index contributed by atoms with van der Waals surface area (Å²) in [5, 5.41) is 1.91. The highest BCUT2D eigenvalue weighted by molar-refractivity contribution is 7.98. The SMILES string of the molecule is CCOC(=O)N1CCN(c2nc(SC)nc3c2sc2nc(C(C)C)c4c(c23)CC(C)(C)OC4)CC1. The van der Waals surface area contributed by atoms with E-state index in [1.807, 2.05) is 13.2 Å². The lowest BCUT2D eigenvalue weighted by molar-refractivity contribution is -0.0402. The fourth-order valence-corrected chi connectivity index (χ4v) is 6.49. The van der Waals surface area contributed by atoms with Crippen LogP contribution < -0.4 is 4.90 Å². The molecule has 1 saturated heterocycles. The second kappa shape index (κ2) is 9.37. The Morgan fingerprint density at radius 2 is 1.91 bits per heavy atom. The van der Waals surface area contributed by atoms with Crippen LogP contribution in [0.3, 0.4) is 0 Å². The summed E-state index contributed by atoms with van der Waals surface area (Å²) in [4.78, 5) is 32.4. The fourth-order valence-electron chi connectivity index (χ4n) is 4.96. The van der Waals surface area contributed by atoms with Crippen LogP contribution in [-0.2, 0) is 22.5 Å². The molecule has 10 heteroatoms. The standard InChI is InChI=1S/C25H33N5O3S2/c1-7-32-24(31)30-10-8-29(9-11-30)21-20-19(27-23(28-21)34-6)17-15-12-25(4,5)33-13-16(15)18(14(2)3)26-22(17)35-20/h14H,7-13H2,1-6H3. The lowest BCUT2D eigenvalue weighted by Crippen LogP contribution is -2.49. The van der Waals surface area contributed by atoms with Crippen LogP contribution in [0.2, 0.25) is 0 Å². The average molecular weight is 516 g/mol. The van der Waals surface area contributed by atoms with Gasteiger partial charge in [-0.2, -0.15) is 0 Å². The van der Waals surface area contributed by atoms with Gasteiger partial charge in [0, 0.05) is 43.5 Å². The number of aromatic nitrogens is 3. The number of hydrogen-bond acceptors (Lipinski definition) is 9. The summed E-state index contributed by atoms with van der Waals surface area (Å²) >= 11 is 3.24. The number of ether oxygens (including phenoxy) is 2. The Morgan fingerprint density at radius 3 is 2.57 bits per heavy atom. The molecule has 1 fully saturated rings. The molecule has 0 spiro atoms. The molecule has 5 rings (SSSR count). The van der Waals surface area contributed by atoms with E-state index in [1.54, 1.807) is 28.0 Å². The van der Waals surface area contributed by atoms with Crippen LogP contribution in [0.4, 0.5) is 10.6 Å². The van der Waals surface area contributed by atoms with Gasteiger partial charge in [0.25, 0.3) is 0 Å². The first-order valence-electron chi connectivity index (χ1n) is 12.2. The van der Waals surface area contributed by atoms with Crippen molar-refractivity contribution < 1.29 is 14.3 Å². The molecule has 0 aliphatic carbocycles. The van der Waals surface area contributed by atoms with E-state index in [0.29, 0.717) is 45.3 Å². The number of thioether (sulfide) groups is 1. The van der Waals surface area contributed by atoms with E-state index in [1.165, 1.54) is 11.1 Å². The Hall–Kier alpha value is -2.17. The summed E-state index contributed by atoms with van der Waals surface area (Å²) in [6.07, 6.45) is 2.60. The predicted molar refractivity (Wildman–Crippen MR) is 142 cm³/mol. The molecule has 188 valence electrons. The minimum absolute atomic E-state index is 0.231. The maximum absolute atomic E-state index is 12.2. The van der Waals surface area contributed by atoms with Crippen molar-refractivity contribution in [2.45, 2.75) is 64.3 Å². The molecule has 2 aliphatic heterocycles. The number of fused-ring (bicyclic) bond motifs is 5. The normalized spacial score (nSPS) is 17.9. The van der Waals surface area contributed by atoms with E-state index in [9.17, 15) is 4.79 Å². The van der Waals surface area contributed by atoms with E-state index in [2.05, 4.69) is 32.6 Å². The van der Waals surface area contributed by atoms with E-state index in [-0.39, 0.29) is 11.7 Å². The molecule has 3 aromatic heterocycles. The van der Waals surface area contributed by atoms with Crippen molar-refractivity contribution in [2.75, 3.05) is 43.9 Å². The van der Waals surface area contributed by atoms with Crippen molar-refractivity contribution in [3.8, 4) is 0 Å². The Bertz CT molecular complexity index is 1280. The number of pyridine rings is 1. The molecule has 35 heavy (non-hydrogen) atoms. The zero-order valence-electron chi connectivity index (χ0n) is 21.3. The van der Waals surface area contributed by atoms with E-state index in [4.69, 9.17) is 24.4 Å². The Kier molecular flexibility index (Phi) is 6.56. The van der Waals surface area contributed by atoms with Crippen LogP contribution in [0, 0.1) is 0 Å². The lowest BCUT2D eigenvalue weighted by atomic mass is 9.87.